The lowest BCUT2D eigenvalue weighted by Crippen LogP contribution is -2.37. The molecule has 0 heterocycles. The molecule has 1 rings (SSSR count). The van der Waals surface area contributed by atoms with E-state index >= 15 is 0 Å². The van der Waals surface area contributed by atoms with Gasteiger partial charge in [-0.15, -0.1) is 0 Å². The Balaban J connectivity index is 2.77. The maximum atomic E-state index is 9.01. The first-order valence-corrected chi connectivity index (χ1v) is 4.70. The number of anilines is 1. The van der Waals surface area contributed by atoms with Crippen molar-refractivity contribution in [2.75, 3.05) is 25.2 Å². The van der Waals surface area contributed by atoms with Crippen LogP contribution in [0, 0.1) is 6.92 Å². The predicted molar refractivity (Wildman–Crippen MR) is 57.5 cm³/mol. The molecule has 78 valence electrons. The van der Waals surface area contributed by atoms with Crippen molar-refractivity contribution < 1.29 is 10.2 Å². The molecule has 0 aliphatic heterocycles. The Bertz CT molecular complexity index is 267. The Labute approximate surface area is 84.6 Å². The molecule has 0 saturated carbocycles. The Morgan fingerprint density at radius 3 is 2.07 bits per heavy atom. The average molecular weight is 195 g/mol. The number of rotatable bonds is 4. The van der Waals surface area contributed by atoms with E-state index in [0.29, 0.717) is 0 Å². The molecule has 3 nitrogen and oxygen atoms in total. The maximum Gasteiger partial charge on any atom is 0.0748 e. The zero-order valence-corrected chi connectivity index (χ0v) is 8.64. The Morgan fingerprint density at radius 2 is 1.64 bits per heavy atom. The van der Waals surface area contributed by atoms with E-state index in [1.54, 1.807) is 0 Å². The van der Waals surface area contributed by atoms with Gasteiger partial charge in [-0.05, 0) is 19.1 Å². The third kappa shape index (κ3) is 2.47. The zero-order chi connectivity index (χ0) is 10.6. The summed E-state index contributed by atoms with van der Waals surface area (Å²) in [6.45, 7) is 1.95. The molecule has 1 aromatic rings. The molecule has 0 aliphatic carbocycles. The first kappa shape index (κ1) is 11.0. The molecule has 0 atom stereocenters. The number of likely N-dealkylation sites (N-methyl/N-ethyl adjacent to an activating group) is 1. The smallest absolute Gasteiger partial charge is 0.0748 e. The number of benzene rings is 1. The fraction of sp³-hybridized carbons (Fsp3) is 0.455. The number of hydrogen-bond acceptors (Lipinski definition) is 3. The van der Waals surface area contributed by atoms with Crippen LogP contribution >= 0.6 is 0 Å². The lowest BCUT2D eigenvalue weighted by Gasteiger charge is -2.27. The Morgan fingerprint density at radius 1 is 1.14 bits per heavy atom. The standard InChI is InChI=1S/C11H17NO2/c1-9-3-5-10(6-4-9)12(2)11(7-13)8-14/h3-6,11,13-14H,7-8H2,1-2H3. The van der Waals surface area contributed by atoms with Gasteiger partial charge in [-0.25, -0.2) is 0 Å². The van der Waals surface area contributed by atoms with Crippen LogP contribution in [0.5, 0.6) is 0 Å². The number of nitrogens with zero attached hydrogens (tertiary/aromatic N) is 1. The second kappa shape index (κ2) is 4.98. The number of aliphatic hydroxyl groups is 2. The Kier molecular flexibility index (Phi) is 3.92. The summed E-state index contributed by atoms with van der Waals surface area (Å²) in [5.41, 5.74) is 2.20. The first-order valence-electron chi connectivity index (χ1n) is 4.70. The lowest BCUT2D eigenvalue weighted by molar-refractivity contribution is 0.191. The van der Waals surface area contributed by atoms with Gasteiger partial charge in [0.25, 0.3) is 0 Å². The molecule has 0 saturated heterocycles. The van der Waals surface area contributed by atoms with Crippen molar-refractivity contribution in [3.05, 3.63) is 29.8 Å². The monoisotopic (exact) mass is 195 g/mol. The molecule has 0 fully saturated rings. The molecule has 0 aromatic heterocycles. The molecule has 0 spiro atoms. The molecule has 2 N–H and O–H groups in total. The summed E-state index contributed by atoms with van der Waals surface area (Å²) in [6, 6.07) is 7.76. The molecular formula is C11H17NO2. The van der Waals surface area contributed by atoms with Gasteiger partial charge in [0.05, 0.1) is 19.3 Å². The highest BCUT2D eigenvalue weighted by atomic mass is 16.3. The van der Waals surface area contributed by atoms with Gasteiger partial charge in [0.15, 0.2) is 0 Å². The van der Waals surface area contributed by atoms with E-state index in [9.17, 15) is 0 Å². The van der Waals surface area contributed by atoms with Crippen LogP contribution in [0.4, 0.5) is 5.69 Å². The quantitative estimate of drug-likeness (QED) is 0.746. The van der Waals surface area contributed by atoms with Gasteiger partial charge in [0, 0.05) is 12.7 Å². The molecule has 14 heavy (non-hydrogen) atoms. The van der Waals surface area contributed by atoms with Gasteiger partial charge in [-0.1, -0.05) is 17.7 Å². The van der Waals surface area contributed by atoms with Crippen molar-refractivity contribution in [2.24, 2.45) is 0 Å². The molecule has 0 aliphatic rings. The summed E-state index contributed by atoms with van der Waals surface area (Å²) in [5.74, 6) is 0. The van der Waals surface area contributed by atoms with Gasteiger partial charge in [0.1, 0.15) is 0 Å². The van der Waals surface area contributed by atoms with Gasteiger partial charge < -0.3 is 15.1 Å². The summed E-state index contributed by atoms with van der Waals surface area (Å²) in [4.78, 5) is 1.87. The number of aryl methyl sites for hydroxylation is 1. The van der Waals surface area contributed by atoms with Gasteiger partial charge in [-0.2, -0.15) is 0 Å². The summed E-state index contributed by atoms with van der Waals surface area (Å²) < 4.78 is 0. The highest BCUT2D eigenvalue weighted by Crippen LogP contribution is 2.15. The largest absolute Gasteiger partial charge is 0.394 e. The molecule has 0 radical (unpaired) electrons. The van der Waals surface area contributed by atoms with E-state index in [1.165, 1.54) is 5.56 Å². The highest BCUT2D eigenvalue weighted by molar-refractivity contribution is 5.47. The van der Waals surface area contributed by atoms with E-state index in [4.69, 9.17) is 10.2 Å². The first-order chi connectivity index (χ1) is 6.69. The topological polar surface area (TPSA) is 43.7 Å². The zero-order valence-electron chi connectivity index (χ0n) is 8.64. The van der Waals surface area contributed by atoms with Crippen molar-refractivity contribution >= 4 is 5.69 Å². The molecule has 0 amide bonds. The van der Waals surface area contributed by atoms with Crippen molar-refractivity contribution in [2.45, 2.75) is 13.0 Å². The minimum Gasteiger partial charge on any atom is -0.394 e. The predicted octanol–water partition coefficient (Wildman–Crippen LogP) is 0.784. The van der Waals surface area contributed by atoms with Gasteiger partial charge in [0.2, 0.25) is 0 Å². The second-order valence-corrected chi connectivity index (χ2v) is 3.47. The van der Waals surface area contributed by atoms with Crippen molar-refractivity contribution in [1.82, 2.24) is 0 Å². The van der Waals surface area contributed by atoms with Gasteiger partial charge in [-0.3, -0.25) is 0 Å². The SMILES string of the molecule is Cc1ccc(N(C)C(CO)CO)cc1. The van der Waals surface area contributed by atoms with Crippen LogP contribution < -0.4 is 4.90 Å². The van der Waals surface area contributed by atoms with Crippen LogP contribution in [-0.4, -0.2) is 36.5 Å². The molecule has 0 bridgehead atoms. The lowest BCUT2D eigenvalue weighted by atomic mass is 10.2. The van der Waals surface area contributed by atoms with E-state index in [2.05, 4.69) is 0 Å². The summed E-state index contributed by atoms with van der Waals surface area (Å²) in [5, 5.41) is 18.0. The van der Waals surface area contributed by atoms with Crippen molar-refractivity contribution in [3.63, 3.8) is 0 Å². The third-order valence-corrected chi connectivity index (χ3v) is 2.41. The molecule has 0 unspecified atom stereocenters. The third-order valence-electron chi connectivity index (χ3n) is 2.41. The molecule has 1 aromatic carbocycles. The second-order valence-electron chi connectivity index (χ2n) is 3.47. The summed E-state index contributed by atoms with van der Waals surface area (Å²) >= 11 is 0. The fourth-order valence-electron chi connectivity index (χ4n) is 1.29. The van der Waals surface area contributed by atoms with Crippen LogP contribution in [0.2, 0.25) is 0 Å². The van der Waals surface area contributed by atoms with Crippen LogP contribution in [0.15, 0.2) is 24.3 Å². The normalized spacial score (nSPS) is 10.6. The van der Waals surface area contributed by atoms with E-state index in [0.717, 1.165) is 5.69 Å². The minimum absolute atomic E-state index is 0.0408. The minimum atomic E-state index is -0.224. The van der Waals surface area contributed by atoms with Crippen LogP contribution in [0.1, 0.15) is 5.56 Å². The number of aliphatic hydroxyl groups excluding tert-OH is 2. The maximum absolute atomic E-state index is 9.01. The van der Waals surface area contributed by atoms with Gasteiger partial charge >= 0.3 is 0 Å². The number of hydrogen-bond donors (Lipinski definition) is 2. The van der Waals surface area contributed by atoms with E-state index in [-0.39, 0.29) is 19.3 Å². The van der Waals surface area contributed by atoms with Crippen LogP contribution in [0.3, 0.4) is 0 Å². The van der Waals surface area contributed by atoms with E-state index in [1.807, 2.05) is 43.1 Å². The van der Waals surface area contributed by atoms with Crippen molar-refractivity contribution in [1.29, 1.82) is 0 Å². The summed E-state index contributed by atoms with van der Waals surface area (Å²) in [7, 11) is 1.86. The molecule has 3 heteroatoms. The molecular weight excluding hydrogens is 178 g/mol. The van der Waals surface area contributed by atoms with Crippen LogP contribution in [-0.2, 0) is 0 Å². The van der Waals surface area contributed by atoms with E-state index < -0.39 is 0 Å². The average Bonchev–Trinajstić information content (AvgIpc) is 2.20. The highest BCUT2D eigenvalue weighted by Gasteiger charge is 2.12. The van der Waals surface area contributed by atoms with Crippen molar-refractivity contribution in [3.8, 4) is 0 Å². The Hall–Kier alpha value is -1.06. The van der Waals surface area contributed by atoms with Crippen LogP contribution in [0.25, 0.3) is 0 Å². The summed E-state index contributed by atoms with van der Waals surface area (Å²) in [6.07, 6.45) is 0. The fourth-order valence-corrected chi connectivity index (χ4v) is 1.29.